The van der Waals surface area contributed by atoms with Crippen molar-refractivity contribution in [1.82, 2.24) is 20.4 Å². The number of primary amides is 1. The summed E-state index contributed by atoms with van der Waals surface area (Å²) in [6.07, 6.45) is 1.12. The minimum Gasteiger partial charge on any atom is -0.444 e. The topological polar surface area (TPSA) is 125 Å². The zero-order valence-corrected chi connectivity index (χ0v) is 23.1. The molecular weight excluding hydrogens is 504 g/mol. The summed E-state index contributed by atoms with van der Waals surface area (Å²) in [7, 11) is 0. The highest BCUT2D eigenvalue weighted by Crippen LogP contribution is 2.40. The molecule has 4 rings (SSSR count). The average Bonchev–Trinajstić information content (AvgIpc) is 3.37. The molecule has 0 unspecified atom stereocenters. The van der Waals surface area contributed by atoms with E-state index in [2.05, 4.69) is 57.2 Å². The number of amides is 3. The van der Waals surface area contributed by atoms with Gasteiger partial charge >= 0.3 is 12.1 Å². The number of rotatable bonds is 10. The van der Waals surface area contributed by atoms with E-state index >= 15 is 0 Å². The number of hydrogen-bond acceptors (Lipinski definition) is 5. The summed E-state index contributed by atoms with van der Waals surface area (Å²) >= 11 is 0. The number of nitrogens with one attached hydrogen (secondary N) is 3. The Bertz CT molecular complexity index is 1290. The van der Waals surface area contributed by atoms with E-state index in [-0.39, 0.29) is 19.6 Å². The lowest BCUT2D eigenvalue weighted by molar-refractivity contribution is 0.0523. The number of nitrogens with two attached hydrogens (primary N) is 1. The first-order valence-electron chi connectivity index (χ1n) is 13.2. The highest BCUT2D eigenvalue weighted by atomic mass is 16.6. The number of alkyl carbamates (subject to hydrolysis) is 1. The number of benzene rings is 3. The molecule has 0 fully saturated rings. The molecule has 9 nitrogen and oxygen atoms in total. The number of hydrogen-bond donors (Lipinski definition) is 4. The molecule has 1 aromatic heterocycles. The number of carbonyl (C=O) groups excluding carboxylic acids is 2. The number of nitrogens with zero attached hydrogens (tertiary/aromatic N) is 2. The van der Waals surface area contributed by atoms with E-state index in [0.717, 1.165) is 22.3 Å². The van der Waals surface area contributed by atoms with Gasteiger partial charge in [0.2, 0.25) is 0 Å². The highest BCUT2D eigenvalue weighted by Gasteiger charge is 2.37. The fourth-order valence-corrected chi connectivity index (χ4v) is 4.59. The maximum atomic E-state index is 12.3. The minimum atomic E-state index is -0.777. The molecular formula is C31H36N6O3. The Morgan fingerprint density at radius 1 is 0.875 bits per heavy atom. The predicted molar refractivity (Wildman–Crippen MR) is 156 cm³/mol. The van der Waals surface area contributed by atoms with Gasteiger partial charge < -0.3 is 26.0 Å². The summed E-state index contributed by atoms with van der Waals surface area (Å²) in [6.45, 7) is 5.92. The molecule has 4 aromatic rings. The van der Waals surface area contributed by atoms with Crippen LogP contribution >= 0.6 is 0 Å². The van der Waals surface area contributed by atoms with Crippen LogP contribution in [-0.4, -0.2) is 45.9 Å². The number of ether oxygens (including phenoxy) is 1. The first-order valence-corrected chi connectivity index (χ1v) is 13.2. The van der Waals surface area contributed by atoms with Crippen molar-refractivity contribution in [2.75, 3.05) is 18.4 Å². The Morgan fingerprint density at radius 3 is 1.82 bits per heavy atom. The molecule has 0 radical (unpaired) electrons. The fraction of sp³-hybridized carbons (Fsp3) is 0.258. The number of urea groups is 1. The monoisotopic (exact) mass is 540 g/mol. The lowest BCUT2D eigenvalue weighted by atomic mass is 9.77. The van der Waals surface area contributed by atoms with Crippen LogP contribution in [0.25, 0.3) is 0 Å². The second-order valence-electron chi connectivity index (χ2n) is 10.4. The molecule has 0 aliphatic rings. The Labute approximate surface area is 234 Å². The van der Waals surface area contributed by atoms with Gasteiger partial charge in [-0.05, 0) is 37.5 Å². The van der Waals surface area contributed by atoms with Crippen LogP contribution in [0.4, 0.5) is 15.4 Å². The van der Waals surface area contributed by atoms with Crippen molar-refractivity contribution in [2.24, 2.45) is 5.73 Å². The quantitative estimate of drug-likeness (QED) is 0.205. The number of H-pyrrole nitrogens is 1. The highest BCUT2D eigenvalue weighted by molar-refractivity contribution is 5.72. The van der Waals surface area contributed by atoms with E-state index in [1.165, 1.54) is 4.90 Å². The number of anilines is 1. The Kier molecular flexibility index (Phi) is 8.73. The summed E-state index contributed by atoms with van der Waals surface area (Å²) in [5, 5.41) is 13.8. The van der Waals surface area contributed by atoms with E-state index in [4.69, 9.17) is 10.5 Å². The van der Waals surface area contributed by atoms with Crippen LogP contribution in [0.3, 0.4) is 0 Å². The smallest absolute Gasteiger partial charge is 0.407 e. The zero-order chi connectivity index (χ0) is 28.6. The summed E-state index contributed by atoms with van der Waals surface area (Å²) in [6, 6.07) is 29.9. The van der Waals surface area contributed by atoms with Gasteiger partial charge in [0.15, 0.2) is 0 Å². The molecule has 3 amide bonds. The van der Waals surface area contributed by atoms with Gasteiger partial charge in [0.1, 0.15) is 17.0 Å². The molecule has 5 N–H and O–H groups in total. The van der Waals surface area contributed by atoms with Gasteiger partial charge in [0.05, 0.1) is 12.7 Å². The molecule has 0 saturated carbocycles. The van der Waals surface area contributed by atoms with E-state index in [1.54, 1.807) is 27.0 Å². The van der Waals surface area contributed by atoms with Crippen molar-refractivity contribution in [3.63, 3.8) is 0 Å². The molecule has 0 saturated heterocycles. The van der Waals surface area contributed by atoms with Gasteiger partial charge in [0, 0.05) is 18.7 Å². The second kappa shape index (κ2) is 12.4. The molecule has 3 aromatic carbocycles. The molecule has 1 heterocycles. The van der Waals surface area contributed by atoms with Crippen molar-refractivity contribution < 1.29 is 14.3 Å². The van der Waals surface area contributed by atoms with Crippen molar-refractivity contribution in [3.8, 4) is 0 Å². The van der Waals surface area contributed by atoms with Gasteiger partial charge in [-0.3, -0.25) is 5.10 Å². The van der Waals surface area contributed by atoms with Crippen LogP contribution in [0.5, 0.6) is 0 Å². The first-order chi connectivity index (χ1) is 19.2. The maximum absolute atomic E-state index is 12.3. The van der Waals surface area contributed by atoms with Crippen LogP contribution in [0, 0.1) is 0 Å². The molecule has 0 bridgehead atoms. The van der Waals surface area contributed by atoms with Crippen LogP contribution in [-0.2, 0) is 16.8 Å². The second-order valence-corrected chi connectivity index (χ2v) is 10.4. The Morgan fingerprint density at radius 2 is 1.38 bits per heavy atom. The van der Waals surface area contributed by atoms with Gasteiger partial charge in [-0.2, -0.15) is 5.10 Å². The molecule has 0 atom stereocenters. The average molecular weight is 541 g/mol. The van der Waals surface area contributed by atoms with Crippen LogP contribution in [0.2, 0.25) is 0 Å². The molecule has 40 heavy (non-hydrogen) atoms. The van der Waals surface area contributed by atoms with Gasteiger partial charge in [0.25, 0.3) is 0 Å². The molecule has 0 aliphatic carbocycles. The van der Waals surface area contributed by atoms with E-state index in [1.807, 2.05) is 54.6 Å². The van der Waals surface area contributed by atoms with Gasteiger partial charge in [-0.15, -0.1) is 0 Å². The van der Waals surface area contributed by atoms with Gasteiger partial charge in [-0.25, -0.2) is 9.59 Å². The summed E-state index contributed by atoms with van der Waals surface area (Å²) in [5.41, 5.74) is 8.15. The standard InChI is InChI=1S/C31H36N6O3/c1-30(2,3)40-29(39)33-19-20-37(28(32)38)22-23-21-34-36-27(23)35-31(24-13-7-4-8-14-24,25-15-9-5-10-16-25)26-17-11-6-12-18-26/h4-18,21H,19-20,22H2,1-3H3,(H2,32,38)(H,33,39)(H2,34,35,36). The molecule has 0 aliphatic heterocycles. The third-order valence-corrected chi connectivity index (χ3v) is 6.37. The van der Waals surface area contributed by atoms with Crippen molar-refractivity contribution >= 4 is 17.9 Å². The molecule has 208 valence electrons. The summed E-state index contributed by atoms with van der Waals surface area (Å²) < 4.78 is 5.28. The van der Waals surface area contributed by atoms with Gasteiger partial charge in [-0.1, -0.05) is 91.0 Å². The Balaban J connectivity index is 1.65. The SMILES string of the molecule is CC(C)(C)OC(=O)NCCN(Cc1cn[nH]c1NC(c1ccccc1)(c1ccccc1)c1ccccc1)C(N)=O. The summed E-state index contributed by atoms with van der Waals surface area (Å²) in [4.78, 5) is 25.8. The van der Waals surface area contributed by atoms with Crippen molar-refractivity contribution in [3.05, 3.63) is 119 Å². The van der Waals surface area contributed by atoms with Crippen molar-refractivity contribution in [1.29, 1.82) is 0 Å². The van der Waals surface area contributed by atoms with E-state index < -0.39 is 23.3 Å². The number of aromatic amines is 1. The largest absolute Gasteiger partial charge is 0.444 e. The van der Waals surface area contributed by atoms with Crippen LogP contribution in [0.15, 0.2) is 97.2 Å². The van der Waals surface area contributed by atoms with Crippen LogP contribution < -0.4 is 16.4 Å². The predicted octanol–water partition coefficient (Wildman–Crippen LogP) is 5.22. The normalized spacial score (nSPS) is 11.5. The lowest BCUT2D eigenvalue weighted by Gasteiger charge is -2.37. The summed E-state index contributed by atoms with van der Waals surface area (Å²) in [5.74, 6) is 0.642. The fourth-order valence-electron chi connectivity index (χ4n) is 4.59. The Hall–Kier alpha value is -4.79. The minimum absolute atomic E-state index is 0.179. The number of aromatic nitrogens is 2. The third-order valence-electron chi connectivity index (χ3n) is 6.37. The number of carbonyl (C=O) groups is 2. The lowest BCUT2D eigenvalue weighted by Crippen LogP contribution is -2.42. The molecule has 0 spiro atoms. The molecule has 9 heteroatoms. The zero-order valence-electron chi connectivity index (χ0n) is 23.1. The maximum Gasteiger partial charge on any atom is 0.407 e. The third kappa shape index (κ3) is 6.79. The van der Waals surface area contributed by atoms with Crippen molar-refractivity contribution in [2.45, 2.75) is 38.5 Å². The first kappa shape index (κ1) is 28.2. The van der Waals surface area contributed by atoms with Crippen LogP contribution in [0.1, 0.15) is 43.0 Å². The van der Waals surface area contributed by atoms with E-state index in [0.29, 0.717) is 5.82 Å². The van der Waals surface area contributed by atoms with E-state index in [9.17, 15) is 9.59 Å².